The Bertz CT molecular complexity index is 224. The van der Waals surface area contributed by atoms with E-state index in [1.807, 2.05) is 5.92 Å². The van der Waals surface area contributed by atoms with Crippen LogP contribution in [0.5, 0.6) is 0 Å². The van der Waals surface area contributed by atoms with Crippen LogP contribution in [0.15, 0.2) is 0 Å². The van der Waals surface area contributed by atoms with Gasteiger partial charge in [0.15, 0.2) is 5.92 Å². The molecule has 0 aromatic carbocycles. The molecule has 0 heterocycles. The molecule has 0 saturated carbocycles. The number of rotatable bonds is 2. The van der Waals surface area contributed by atoms with Crippen LogP contribution in [0.4, 0.5) is 26.3 Å². The lowest BCUT2D eigenvalue weighted by atomic mass is 10.1. The van der Waals surface area contributed by atoms with Gasteiger partial charge < -0.3 is 0 Å². The third-order valence-electron chi connectivity index (χ3n) is 1.52. The van der Waals surface area contributed by atoms with Gasteiger partial charge in [0.25, 0.3) is 0 Å². The number of halogens is 6. The molecule has 0 aromatic rings. The number of hydrogen-bond donors (Lipinski definition) is 0. The quantitative estimate of drug-likeness (QED) is 0.501. The summed E-state index contributed by atoms with van der Waals surface area (Å²) in [4.78, 5) is 0. The maximum absolute atomic E-state index is 11.9. The van der Waals surface area contributed by atoms with Crippen molar-refractivity contribution in [1.82, 2.24) is 0 Å². The summed E-state index contributed by atoms with van der Waals surface area (Å²) in [7, 11) is 0. The second-order valence-electron chi connectivity index (χ2n) is 2.80. The molecule has 0 fully saturated rings. The molecule has 0 aliphatic heterocycles. The molecular weight excluding hydrogens is 222 g/mol. The molecule has 0 aliphatic carbocycles. The molecule has 15 heavy (non-hydrogen) atoms. The van der Waals surface area contributed by atoms with Crippen molar-refractivity contribution in [3.63, 3.8) is 0 Å². The lowest BCUT2D eigenvalue weighted by molar-refractivity contribution is -0.282. The SMILES string of the molecule is [CH2]CCC#CCC(C(F)(F)F)C(F)(F)F. The summed E-state index contributed by atoms with van der Waals surface area (Å²) in [5.41, 5.74) is 0. The molecule has 0 bridgehead atoms. The van der Waals surface area contributed by atoms with Crippen LogP contribution in [-0.4, -0.2) is 12.4 Å². The summed E-state index contributed by atoms with van der Waals surface area (Å²) in [6, 6.07) is 0. The maximum Gasteiger partial charge on any atom is 0.401 e. The Morgan fingerprint density at radius 2 is 1.40 bits per heavy atom. The Balaban J connectivity index is 4.51. The first-order chi connectivity index (χ1) is 6.69. The molecular formula is C9H9F6. The zero-order chi connectivity index (χ0) is 12.1. The molecule has 6 heteroatoms. The molecule has 0 rings (SSSR count). The molecule has 0 atom stereocenters. The highest BCUT2D eigenvalue weighted by molar-refractivity contribution is 5.02. The highest BCUT2D eigenvalue weighted by atomic mass is 19.4. The summed E-state index contributed by atoms with van der Waals surface area (Å²) < 4.78 is 71.6. The summed E-state index contributed by atoms with van der Waals surface area (Å²) in [5.74, 6) is 0.708. The Morgan fingerprint density at radius 1 is 0.933 bits per heavy atom. The van der Waals surface area contributed by atoms with Gasteiger partial charge in [-0.2, -0.15) is 26.3 Å². The van der Waals surface area contributed by atoms with E-state index >= 15 is 0 Å². The van der Waals surface area contributed by atoms with Crippen molar-refractivity contribution in [1.29, 1.82) is 0 Å². The minimum Gasteiger partial charge on any atom is -0.170 e. The van der Waals surface area contributed by atoms with Crippen molar-refractivity contribution in [2.45, 2.75) is 31.6 Å². The Hall–Kier alpha value is -0.860. The monoisotopic (exact) mass is 231 g/mol. The lowest BCUT2D eigenvalue weighted by Crippen LogP contribution is -2.36. The van der Waals surface area contributed by atoms with Gasteiger partial charge >= 0.3 is 12.4 Å². The van der Waals surface area contributed by atoms with Crippen molar-refractivity contribution in [3.05, 3.63) is 6.92 Å². The summed E-state index contributed by atoms with van der Waals surface area (Å²) in [6.45, 7) is 3.35. The van der Waals surface area contributed by atoms with Gasteiger partial charge in [0.2, 0.25) is 0 Å². The smallest absolute Gasteiger partial charge is 0.170 e. The molecule has 1 radical (unpaired) electrons. The van der Waals surface area contributed by atoms with Gasteiger partial charge in [0.05, 0.1) is 0 Å². The fourth-order valence-corrected chi connectivity index (χ4v) is 0.768. The van der Waals surface area contributed by atoms with Crippen molar-refractivity contribution in [3.8, 4) is 11.8 Å². The van der Waals surface area contributed by atoms with Gasteiger partial charge in [-0.1, -0.05) is 6.92 Å². The molecule has 0 aromatic heterocycles. The predicted octanol–water partition coefficient (Wildman–Crippen LogP) is 3.73. The molecule has 0 amide bonds. The first-order valence-corrected chi connectivity index (χ1v) is 4.08. The Morgan fingerprint density at radius 3 is 1.73 bits per heavy atom. The van der Waals surface area contributed by atoms with Crippen LogP contribution in [0.1, 0.15) is 19.3 Å². The summed E-state index contributed by atoms with van der Waals surface area (Å²) in [5, 5.41) is 0. The molecule has 0 aliphatic rings. The van der Waals surface area contributed by atoms with Crippen molar-refractivity contribution in [2.75, 3.05) is 0 Å². The second-order valence-corrected chi connectivity index (χ2v) is 2.80. The molecule has 0 spiro atoms. The van der Waals surface area contributed by atoms with Gasteiger partial charge in [-0.05, 0) is 6.42 Å². The largest absolute Gasteiger partial charge is 0.401 e. The van der Waals surface area contributed by atoms with E-state index in [0.717, 1.165) is 0 Å². The Kier molecular flexibility index (Phi) is 4.98. The van der Waals surface area contributed by atoms with Crippen molar-refractivity contribution >= 4 is 0 Å². The van der Waals surface area contributed by atoms with Crippen LogP contribution < -0.4 is 0 Å². The van der Waals surface area contributed by atoms with Crippen molar-refractivity contribution in [2.24, 2.45) is 5.92 Å². The van der Waals surface area contributed by atoms with E-state index in [-0.39, 0.29) is 6.42 Å². The maximum atomic E-state index is 11.9. The van der Waals surface area contributed by atoms with E-state index < -0.39 is 24.7 Å². The Labute approximate surface area is 83.7 Å². The van der Waals surface area contributed by atoms with Gasteiger partial charge in [-0.3, -0.25) is 0 Å². The lowest BCUT2D eigenvalue weighted by Gasteiger charge is -2.20. The molecule has 0 unspecified atom stereocenters. The van der Waals surface area contributed by atoms with Crippen LogP contribution in [-0.2, 0) is 0 Å². The van der Waals surface area contributed by atoms with E-state index in [1.165, 1.54) is 0 Å². The van der Waals surface area contributed by atoms with Crippen LogP contribution in [0, 0.1) is 24.7 Å². The summed E-state index contributed by atoms with van der Waals surface area (Å²) in [6.07, 6.45) is -11.3. The molecule has 0 N–H and O–H groups in total. The normalized spacial score (nSPS) is 12.5. The average molecular weight is 231 g/mol. The first-order valence-electron chi connectivity index (χ1n) is 4.08. The summed E-state index contributed by atoms with van der Waals surface area (Å²) >= 11 is 0. The first kappa shape index (κ1) is 14.1. The zero-order valence-corrected chi connectivity index (χ0v) is 7.67. The third kappa shape index (κ3) is 5.55. The van der Waals surface area contributed by atoms with Crippen LogP contribution in [0.2, 0.25) is 0 Å². The van der Waals surface area contributed by atoms with E-state index in [4.69, 9.17) is 0 Å². The standard InChI is InChI=1S/C9H9F6/c1-2-3-4-5-6-7(8(10,11)12)9(13,14)15/h7H,1-3,6H2. The fraction of sp³-hybridized carbons (Fsp3) is 0.667. The van der Waals surface area contributed by atoms with Crippen molar-refractivity contribution < 1.29 is 26.3 Å². The van der Waals surface area contributed by atoms with E-state index in [9.17, 15) is 26.3 Å². The molecule has 87 valence electrons. The third-order valence-corrected chi connectivity index (χ3v) is 1.52. The van der Waals surface area contributed by atoms with E-state index in [1.54, 1.807) is 0 Å². The molecule has 0 saturated heterocycles. The van der Waals surface area contributed by atoms with Gasteiger partial charge in [0, 0.05) is 12.8 Å². The van der Waals surface area contributed by atoms with Gasteiger partial charge in [-0.15, -0.1) is 11.8 Å². The number of alkyl halides is 6. The number of unbranched alkanes of at least 4 members (excludes halogenated alkanes) is 1. The zero-order valence-electron chi connectivity index (χ0n) is 7.67. The fourth-order valence-electron chi connectivity index (χ4n) is 0.768. The van der Waals surface area contributed by atoms with Gasteiger partial charge in [-0.25, -0.2) is 0 Å². The minimum absolute atomic E-state index is 0.197. The highest BCUT2D eigenvalue weighted by Crippen LogP contribution is 2.40. The van der Waals surface area contributed by atoms with Gasteiger partial charge in [0.1, 0.15) is 0 Å². The number of hydrogen-bond acceptors (Lipinski definition) is 0. The van der Waals surface area contributed by atoms with Crippen LogP contribution >= 0.6 is 0 Å². The second kappa shape index (κ2) is 5.29. The van der Waals surface area contributed by atoms with Crippen LogP contribution in [0.3, 0.4) is 0 Å². The highest BCUT2D eigenvalue weighted by Gasteiger charge is 2.55. The predicted molar refractivity (Wildman–Crippen MR) is 42.6 cm³/mol. The van der Waals surface area contributed by atoms with E-state index in [2.05, 4.69) is 12.8 Å². The van der Waals surface area contributed by atoms with E-state index in [0.29, 0.717) is 6.42 Å². The minimum atomic E-state index is -5.29. The molecule has 0 nitrogen and oxygen atoms in total. The van der Waals surface area contributed by atoms with Crippen LogP contribution in [0.25, 0.3) is 0 Å². The average Bonchev–Trinajstić information content (AvgIpc) is 1.99. The topological polar surface area (TPSA) is 0 Å².